The number of fused-ring (bicyclic) bond motifs is 1. The molecule has 1 fully saturated rings. The molecule has 5 nitrogen and oxygen atoms in total. The summed E-state index contributed by atoms with van der Waals surface area (Å²) in [6, 6.07) is 14.1. The average molecular weight is 415 g/mol. The Kier molecular flexibility index (Phi) is 5.32. The second-order valence-corrected chi connectivity index (χ2v) is 7.46. The van der Waals surface area contributed by atoms with Crippen LogP contribution in [-0.4, -0.2) is 27.9 Å². The normalized spacial score (nSPS) is 19.6. The predicted octanol–water partition coefficient (Wildman–Crippen LogP) is 4.24. The zero-order chi connectivity index (χ0) is 21.3. The van der Waals surface area contributed by atoms with Gasteiger partial charge in [-0.1, -0.05) is 49.2 Å². The van der Waals surface area contributed by atoms with Crippen molar-refractivity contribution in [1.29, 1.82) is 0 Å². The van der Waals surface area contributed by atoms with Crippen LogP contribution in [0, 0.1) is 5.92 Å². The molecular formula is C22H20F3N3O2. The summed E-state index contributed by atoms with van der Waals surface area (Å²) >= 11 is 0. The highest BCUT2D eigenvalue weighted by Gasteiger charge is 2.46. The van der Waals surface area contributed by atoms with Crippen LogP contribution >= 0.6 is 0 Å². The Morgan fingerprint density at radius 2 is 1.60 bits per heavy atom. The van der Waals surface area contributed by atoms with Gasteiger partial charge in [0.25, 0.3) is 11.5 Å². The number of benzene rings is 2. The van der Waals surface area contributed by atoms with Crippen molar-refractivity contribution in [2.45, 2.75) is 37.9 Å². The molecule has 30 heavy (non-hydrogen) atoms. The molecule has 2 aromatic carbocycles. The number of nitrogens with one attached hydrogen (secondary N) is 1. The van der Waals surface area contributed by atoms with Gasteiger partial charge in [-0.05, 0) is 31.0 Å². The Hall–Kier alpha value is -3.16. The summed E-state index contributed by atoms with van der Waals surface area (Å²) in [6.07, 6.45) is -3.03. The topological polar surface area (TPSA) is 64.0 Å². The highest BCUT2D eigenvalue weighted by molar-refractivity contribution is 6.05. The molecule has 0 radical (unpaired) electrons. The van der Waals surface area contributed by atoms with Gasteiger partial charge >= 0.3 is 6.18 Å². The molecule has 1 saturated carbocycles. The van der Waals surface area contributed by atoms with Crippen molar-refractivity contribution in [3.05, 3.63) is 70.6 Å². The maximum atomic E-state index is 13.4. The molecule has 1 heterocycles. The van der Waals surface area contributed by atoms with Crippen LogP contribution in [0.3, 0.4) is 0 Å². The van der Waals surface area contributed by atoms with E-state index >= 15 is 0 Å². The summed E-state index contributed by atoms with van der Waals surface area (Å²) < 4.78 is 41.4. The van der Waals surface area contributed by atoms with E-state index in [1.807, 2.05) is 0 Å². The van der Waals surface area contributed by atoms with Gasteiger partial charge in [-0.3, -0.25) is 9.59 Å². The second-order valence-electron chi connectivity index (χ2n) is 7.46. The van der Waals surface area contributed by atoms with Crippen LogP contribution in [-0.2, 0) is 0 Å². The number of rotatable bonds is 3. The number of nitrogens with zero attached hydrogens (tertiary/aromatic N) is 2. The second kappa shape index (κ2) is 7.93. The molecule has 3 aromatic rings. The predicted molar refractivity (Wildman–Crippen MR) is 107 cm³/mol. The first-order valence-electron chi connectivity index (χ1n) is 9.81. The Labute approximate surface area is 170 Å². The lowest BCUT2D eigenvalue weighted by molar-refractivity contribution is -0.187. The Bertz CT molecular complexity index is 1130. The number of alkyl halides is 3. The van der Waals surface area contributed by atoms with E-state index in [4.69, 9.17) is 0 Å². The van der Waals surface area contributed by atoms with Crippen molar-refractivity contribution in [2.75, 3.05) is 0 Å². The van der Waals surface area contributed by atoms with Crippen molar-refractivity contribution in [1.82, 2.24) is 15.1 Å². The van der Waals surface area contributed by atoms with Gasteiger partial charge in [0.15, 0.2) is 5.69 Å². The van der Waals surface area contributed by atoms with Gasteiger partial charge in [0.1, 0.15) is 0 Å². The standard InChI is InChI=1S/C22H20F3N3O2/c23-22(24,25)17-12-6-7-13-18(17)26-20(29)19-15-10-4-5-11-16(15)21(30)28(27-19)14-8-2-1-3-9-14/h1-5,8-11,17-18H,6-7,12-13H2,(H,26,29). The van der Waals surface area contributed by atoms with Gasteiger partial charge in [0, 0.05) is 11.4 Å². The molecule has 1 N–H and O–H groups in total. The number of carbonyl (C=O) groups excluding carboxylic acids is 1. The molecule has 0 bridgehead atoms. The highest BCUT2D eigenvalue weighted by atomic mass is 19.4. The molecule has 0 aliphatic heterocycles. The van der Waals surface area contributed by atoms with Crippen molar-refractivity contribution in [3.8, 4) is 5.69 Å². The van der Waals surface area contributed by atoms with Gasteiger partial charge < -0.3 is 5.32 Å². The van der Waals surface area contributed by atoms with Crippen LogP contribution in [0.15, 0.2) is 59.4 Å². The zero-order valence-corrected chi connectivity index (χ0v) is 16.0. The number of halogens is 3. The molecule has 1 amide bonds. The lowest BCUT2D eigenvalue weighted by Crippen LogP contribution is -2.48. The first-order valence-corrected chi connectivity index (χ1v) is 9.81. The summed E-state index contributed by atoms with van der Waals surface area (Å²) in [5.74, 6) is -2.29. The fourth-order valence-corrected chi connectivity index (χ4v) is 4.03. The van der Waals surface area contributed by atoms with E-state index in [1.165, 1.54) is 0 Å². The summed E-state index contributed by atoms with van der Waals surface area (Å²) in [7, 11) is 0. The molecule has 1 aliphatic rings. The largest absolute Gasteiger partial charge is 0.393 e. The van der Waals surface area contributed by atoms with Crippen LogP contribution in [0.4, 0.5) is 13.2 Å². The van der Waals surface area contributed by atoms with E-state index in [-0.39, 0.29) is 23.9 Å². The number of hydrogen-bond acceptors (Lipinski definition) is 3. The molecule has 2 atom stereocenters. The van der Waals surface area contributed by atoms with Crippen LogP contribution in [0.1, 0.15) is 36.2 Å². The van der Waals surface area contributed by atoms with Gasteiger partial charge in [0.2, 0.25) is 0 Å². The molecule has 156 valence electrons. The summed E-state index contributed by atoms with van der Waals surface area (Å²) in [5.41, 5.74) is -0.00660. The van der Waals surface area contributed by atoms with Gasteiger partial charge in [0.05, 0.1) is 17.0 Å². The number of aromatic nitrogens is 2. The summed E-state index contributed by atoms with van der Waals surface area (Å²) in [4.78, 5) is 25.9. The number of hydrogen-bond donors (Lipinski definition) is 1. The Morgan fingerprint density at radius 1 is 0.967 bits per heavy atom. The number of amides is 1. The van der Waals surface area contributed by atoms with Gasteiger partial charge in [-0.2, -0.15) is 23.0 Å². The van der Waals surface area contributed by atoms with E-state index in [9.17, 15) is 22.8 Å². The monoisotopic (exact) mass is 415 g/mol. The molecule has 8 heteroatoms. The van der Waals surface area contributed by atoms with E-state index < -0.39 is 29.6 Å². The minimum Gasteiger partial charge on any atom is -0.347 e. The van der Waals surface area contributed by atoms with Gasteiger partial charge in [-0.15, -0.1) is 0 Å². The fraction of sp³-hybridized carbons (Fsp3) is 0.318. The van der Waals surface area contributed by atoms with Crippen molar-refractivity contribution >= 4 is 16.7 Å². The molecule has 1 aromatic heterocycles. The van der Waals surface area contributed by atoms with E-state index in [2.05, 4.69) is 10.4 Å². The third kappa shape index (κ3) is 3.81. The number of carbonyl (C=O) groups is 1. The Morgan fingerprint density at radius 3 is 2.30 bits per heavy atom. The van der Waals surface area contributed by atoms with Crippen LogP contribution in [0.25, 0.3) is 16.5 Å². The van der Waals surface area contributed by atoms with E-state index in [0.717, 1.165) is 4.68 Å². The van der Waals surface area contributed by atoms with E-state index in [1.54, 1.807) is 54.6 Å². The first kappa shape index (κ1) is 20.1. The molecule has 4 rings (SSSR count). The molecular weight excluding hydrogens is 395 g/mol. The minimum atomic E-state index is -4.38. The lowest BCUT2D eigenvalue weighted by atomic mass is 9.84. The lowest BCUT2D eigenvalue weighted by Gasteiger charge is -2.33. The smallest absolute Gasteiger partial charge is 0.347 e. The number of para-hydroxylation sites is 1. The third-order valence-corrected chi connectivity index (χ3v) is 5.52. The summed E-state index contributed by atoms with van der Waals surface area (Å²) in [6.45, 7) is 0. The van der Waals surface area contributed by atoms with Crippen LogP contribution < -0.4 is 10.9 Å². The third-order valence-electron chi connectivity index (χ3n) is 5.52. The van der Waals surface area contributed by atoms with Crippen LogP contribution in [0.2, 0.25) is 0 Å². The molecule has 1 aliphatic carbocycles. The maximum absolute atomic E-state index is 13.4. The van der Waals surface area contributed by atoms with Gasteiger partial charge in [-0.25, -0.2) is 0 Å². The fourth-order valence-electron chi connectivity index (χ4n) is 4.03. The molecule has 2 unspecified atom stereocenters. The summed E-state index contributed by atoms with van der Waals surface area (Å²) in [5, 5.41) is 7.37. The van der Waals surface area contributed by atoms with Crippen molar-refractivity contribution in [2.24, 2.45) is 5.92 Å². The first-order chi connectivity index (χ1) is 14.4. The average Bonchev–Trinajstić information content (AvgIpc) is 2.74. The maximum Gasteiger partial charge on any atom is 0.393 e. The zero-order valence-electron chi connectivity index (χ0n) is 16.0. The molecule has 0 saturated heterocycles. The Balaban J connectivity index is 1.77. The quantitative estimate of drug-likeness (QED) is 0.696. The highest BCUT2D eigenvalue weighted by Crippen LogP contribution is 2.37. The van der Waals surface area contributed by atoms with Crippen LogP contribution in [0.5, 0.6) is 0 Å². The SMILES string of the molecule is O=C(NC1CCCCC1C(F)(F)F)c1nn(-c2ccccc2)c(=O)c2ccccc12. The van der Waals surface area contributed by atoms with Crippen molar-refractivity contribution < 1.29 is 18.0 Å². The molecule has 0 spiro atoms. The van der Waals surface area contributed by atoms with E-state index in [0.29, 0.717) is 23.9 Å². The minimum absolute atomic E-state index is 0.00780. The van der Waals surface area contributed by atoms with Crippen molar-refractivity contribution in [3.63, 3.8) is 0 Å².